The van der Waals surface area contributed by atoms with E-state index >= 15 is 0 Å². The maximum absolute atomic E-state index is 14.3. The fraction of sp³-hybridized carbons (Fsp3) is 0.468. The number of amides is 5. The molecule has 4 aliphatic heterocycles. The Labute approximate surface area is 580 Å². The van der Waals surface area contributed by atoms with Crippen LogP contribution in [-0.4, -0.2) is 184 Å². The van der Waals surface area contributed by atoms with E-state index in [1.54, 1.807) is 23.9 Å². The zero-order valence-electron chi connectivity index (χ0n) is 57.0. The number of likely N-dealkylation sites (N-methyl/N-ethyl adjacent to an activating group) is 2. The Balaban J connectivity index is 0.570. The Kier molecular flexibility index (Phi) is 23.4. The number of nitrogens with one attached hydrogen (secondary N) is 1. The monoisotopic (exact) mass is 1390 g/mol. The number of rotatable bonds is 24. The first-order valence-corrected chi connectivity index (χ1v) is 34.8. The molecule has 100 heavy (non-hydrogen) atoms. The van der Waals surface area contributed by atoms with Gasteiger partial charge in [0.25, 0.3) is 11.8 Å². The molecule has 0 bridgehead atoms. The van der Waals surface area contributed by atoms with E-state index in [4.69, 9.17) is 14.2 Å². The van der Waals surface area contributed by atoms with E-state index in [0.717, 1.165) is 98.5 Å². The summed E-state index contributed by atoms with van der Waals surface area (Å²) in [6, 6.07) is 39.8. The van der Waals surface area contributed by atoms with Crippen LogP contribution in [0.3, 0.4) is 0 Å². The lowest BCUT2D eigenvalue weighted by atomic mass is 9.72. The van der Waals surface area contributed by atoms with Crippen LogP contribution >= 0.6 is 0 Å². The van der Waals surface area contributed by atoms with Crippen molar-refractivity contribution in [1.82, 2.24) is 29.4 Å². The molecule has 6 aromatic rings. The van der Waals surface area contributed by atoms with Crippen LogP contribution in [0.15, 0.2) is 146 Å². The van der Waals surface area contributed by atoms with Crippen LogP contribution in [0.25, 0.3) is 11.1 Å². The van der Waals surface area contributed by atoms with Crippen LogP contribution in [0.4, 0.5) is 46.9 Å². The van der Waals surface area contributed by atoms with Gasteiger partial charge in [0.2, 0.25) is 11.8 Å². The maximum Gasteiger partial charge on any atom is 0.416 e. The number of para-hydroxylation sites is 1. The van der Waals surface area contributed by atoms with Gasteiger partial charge >= 0.3 is 18.4 Å². The number of anilines is 2. The summed E-state index contributed by atoms with van der Waals surface area (Å²) in [5.41, 5.74) is 1.44. The third kappa shape index (κ3) is 17.8. The van der Waals surface area contributed by atoms with E-state index in [0.29, 0.717) is 106 Å². The van der Waals surface area contributed by atoms with Crippen molar-refractivity contribution in [3.8, 4) is 11.1 Å². The Morgan fingerprint density at radius 3 is 1.96 bits per heavy atom. The number of fused-ring (bicyclic) bond motifs is 2. The summed E-state index contributed by atoms with van der Waals surface area (Å²) in [6.45, 7) is 6.51. The second kappa shape index (κ2) is 32.1. The molecule has 23 heteroatoms. The second-order valence-corrected chi connectivity index (χ2v) is 27.5. The lowest BCUT2D eigenvalue weighted by molar-refractivity contribution is -0.143. The number of alkyl halides is 6. The molecular formula is C77H89F7N8O8. The van der Waals surface area contributed by atoms with Crippen molar-refractivity contribution in [2.75, 3.05) is 123 Å². The summed E-state index contributed by atoms with van der Waals surface area (Å²) in [7, 11) is 5.37. The molecule has 534 valence electrons. The van der Waals surface area contributed by atoms with Crippen molar-refractivity contribution < 1.29 is 68.9 Å². The highest BCUT2D eigenvalue weighted by atomic mass is 19.4. The van der Waals surface area contributed by atoms with E-state index < -0.39 is 64.6 Å². The Bertz CT molecular complexity index is 3750. The molecule has 5 amide bonds. The van der Waals surface area contributed by atoms with Gasteiger partial charge in [-0.3, -0.25) is 24.5 Å². The molecule has 2 atom stereocenters. The summed E-state index contributed by atoms with van der Waals surface area (Å²) in [5.74, 6) is -1.20. The number of piperidine rings is 3. The van der Waals surface area contributed by atoms with Gasteiger partial charge in [-0.1, -0.05) is 84.9 Å². The molecule has 0 unspecified atom stereocenters. The van der Waals surface area contributed by atoms with Gasteiger partial charge < -0.3 is 48.5 Å². The molecule has 1 aliphatic carbocycles. The van der Waals surface area contributed by atoms with Crippen molar-refractivity contribution >= 4 is 41.1 Å². The largest absolute Gasteiger partial charge is 0.446 e. The predicted molar refractivity (Wildman–Crippen MR) is 367 cm³/mol. The van der Waals surface area contributed by atoms with Crippen LogP contribution < -0.4 is 10.2 Å². The zero-order chi connectivity index (χ0) is 70.8. The van der Waals surface area contributed by atoms with Crippen LogP contribution in [0.2, 0.25) is 0 Å². The van der Waals surface area contributed by atoms with Crippen molar-refractivity contribution in [2.24, 2.45) is 5.92 Å². The average molecular weight is 1390 g/mol. The first-order valence-electron chi connectivity index (χ1n) is 34.8. The third-order valence-corrected chi connectivity index (χ3v) is 21.1. The number of ether oxygens (including phenoxy) is 3. The van der Waals surface area contributed by atoms with Gasteiger partial charge in [-0.25, -0.2) is 9.18 Å². The van der Waals surface area contributed by atoms with E-state index in [-0.39, 0.29) is 55.6 Å². The number of carbonyl (C=O) groups is 5. The molecule has 5 aliphatic rings. The van der Waals surface area contributed by atoms with Crippen molar-refractivity contribution in [3.05, 3.63) is 190 Å². The molecule has 1 N–H and O–H groups in total. The highest BCUT2D eigenvalue weighted by Gasteiger charge is 2.50. The number of halogens is 7. The molecule has 4 heterocycles. The van der Waals surface area contributed by atoms with Gasteiger partial charge in [0.1, 0.15) is 30.9 Å². The van der Waals surface area contributed by atoms with Crippen molar-refractivity contribution in [3.63, 3.8) is 0 Å². The van der Waals surface area contributed by atoms with Crippen molar-refractivity contribution in [1.29, 1.82) is 0 Å². The standard InChI is InChI=1S/C77H89F7N8O8/c1-86(70(94)51-98-68-49-57-16-7-9-18-66(57)74(68)33-42-90(43-34-74)44-35-75(59-23-25-62(78)26-24-59)52-92(53-99-75)72(96)58-47-60(76(79,80)81)50-61(48-58)77(82,83)84)36-12-37-88(3)71(95)56-21-27-63(28-22-56)91-40-29-54(30-41-91)13-11-20-69(93)87(2)45-46-89-38-31-64(32-39-89)100-73(97)85-67-19-10-8-17-65(67)55-14-5-4-6-15-55/h4-10,14-19,21-28,47-48,50,54,64,68H,11-13,20,29-46,49,51-53H2,1-3H3,(H,85,97)/t68-,75-/m0/s1. The molecule has 0 radical (unpaired) electrons. The number of nitrogens with zero attached hydrogens (tertiary/aromatic N) is 7. The Morgan fingerprint density at radius 1 is 0.640 bits per heavy atom. The summed E-state index contributed by atoms with van der Waals surface area (Å²) < 4.78 is 116. The van der Waals surface area contributed by atoms with Gasteiger partial charge in [-0.2, -0.15) is 26.3 Å². The highest BCUT2D eigenvalue weighted by molar-refractivity contribution is 5.95. The molecule has 0 aromatic heterocycles. The van der Waals surface area contributed by atoms with Crippen LogP contribution in [0.5, 0.6) is 0 Å². The minimum Gasteiger partial charge on any atom is -0.446 e. The minimum atomic E-state index is -5.15. The maximum atomic E-state index is 14.3. The second-order valence-electron chi connectivity index (χ2n) is 27.5. The van der Waals surface area contributed by atoms with Gasteiger partial charge in [0.15, 0.2) is 0 Å². The number of hydrogen-bond donors (Lipinski definition) is 1. The van der Waals surface area contributed by atoms with Crippen molar-refractivity contribution in [2.45, 2.75) is 113 Å². The van der Waals surface area contributed by atoms with Crippen LogP contribution in [-0.2, 0) is 53.6 Å². The Hall–Kier alpha value is -8.38. The summed E-state index contributed by atoms with van der Waals surface area (Å²) in [5, 5.41) is 2.94. The molecule has 1 spiro atoms. The van der Waals surface area contributed by atoms with E-state index in [9.17, 15) is 54.7 Å². The van der Waals surface area contributed by atoms with E-state index in [2.05, 4.69) is 32.1 Å². The van der Waals surface area contributed by atoms with Gasteiger partial charge in [-0.15, -0.1) is 0 Å². The number of carbonyl (C=O) groups excluding carboxylic acids is 5. The first kappa shape index (κ1) is 72.9. The Morgan fingerprint density at radius 2 is 1.27 bits per heavy atom. The van der Waals surface area contributed by atoms with Crippen LogP contribution in [0.1, 0.15) is 119 Å². The molecule has 6 aromatic carbocycles. The topological polar surface area (TPSA) is 148 Å². The smallest absolute Gasteiger partial charge is 0.416 e. The number of benzene rings is 6. The van der Waals surface area contributed by atoms with Gasteiger partial charge in [-0.05, 0) is 173 Å². The molecule has 11 rings (SSSR count). The third-order valence-electron chi connectivity index (χ3n) is 21.1. The normalized spacial score (nSPS) is 19.2. The lowest BCUT2D eigenvalue weighted by Gasteiger charge is -2.44. The highest BCUT2D eigenvalue weighted by Crippen LogP contribution is 2.49. The number of likely N-dealkylation sites (tertiary alicyclic amines) is 2. The van der Waals surface area contributed by atoms with Gasteiger partial charge in [0, 0.05) is 114 Å². The molecular weight excluding hydrogens is 1300 g/mol. The quantitative estimate of drug-likeness (QED) is 0.0578. The van der Waals surface area contributed by atoms with E-state index in [1.807, 2.05) is 103 Å². The van der Waals surface area contributed by atoms with Gasteiger partial charge in [0.05, 0.1) is 29.5 Å². The predicted octanol–water partition coefficient (Wildman–Crippen LogP) is 13.4. The fourth-order valence-corrected chi connectivity index (χ4v) is 15.0. The SMILES string of the molecule is CN(CCN1CCC(OC(=O)Nc2ccccc2-c2ccccc2)CC1)C(=O)CCCC1CCN(c2ccc(C(=O)N(C)CCCN(C)C(=O)CO[C@H]3Cc4ccccc4C34CCN(CC[C@@]3(c5ccc(F)cc5)CN(C(=O)c5cc(C(F)(F)F)cc(C(F)(F)F)c5)CO3)CC4)cc2)CC1. The lowest BCUT2D eigenvalue weighted by Crippen LogP contribution is -2.50. The molecule has 16 nitrogen and oxygen atoms in total. The number of hydrogen-bond acceptors (Lipinski definition) is 11. The molecule has 0 saturated carbocycles. The zero-order valence-corrected chi connectivity index (χ0v) is 57.0. The van der Waals surface area contributed by atoms with Crippen LogP contribution in [0, 0.1) is 11.7 Å². The van der Waals surface area contributed by atoms with E-state index in [1.165, 1.54) is 29.8 Å². The summed E-state index contributed by atoms with van der Waals surface area (Å²) >= 11 is 0. The molecule has 4 fully saturated rings. The first-order chi connectivity index (χ1) is 47.9. The summed E-state index contributed by atoms with van der Waals surface area (Å²) in [4.78, 5) is 80.3. The average Bonchev–Trinajstić information content (AvgIpc) is 1.58. The fourth-order valence-electron chi connectivity index (χ4n) is 15.0. The molecule has 4 saturated heterocycles. The summed E-state index contributed by atoms with van der Waals surface area (Å²) in [6.07, 6.45) is -2.54. The minimum absolute atomic E-state index is 0.0261.